The number of aromatic nitrogens is 1. The SMILES string of the molecule is CC(=O)Nc1ccc(Nc2nc(-c3cccc(Cl)c3)cs2)cc1. The van der Waals surface area contributed by atoms with Crippen LogP contribution >= 0.6 is 22.9 Å². The molecule has 0 unspecified atom stereocenters. The lowest BCUT2D eigenvalue weighted by atomic mass is 10.2. The Kier molecular flexibility index (Phi) is 4.60. The third kappa shape index (κ3) is 4.09. The molecule has 0 aliphatic heterocycles. The van der Waals surface area contributed by atoms with E-state index in [0.29, 0.717) is 5.02 Å². The van der Waals surface area contributed by atoms with Gasteiger partial charge < -0.3 is 10.6 Å². The average Bonchev–Trinajstić information content (AvgIpc) is 2.97. The fraction of sp³-hybridized carbons (Fsp3) is 0.0588. The minimum absolute atomic E-state index is 0.0863. The van der Waals surface area contributed by atoms with Gasteiger partial charge in [0.05, 0.1) is 5.69 Å². The number of thiazole rings is 1. The van der Waals surface area contributed by atoms with E-state index >= 15 is 0 Å². The van der Waals surface area contributed by atoms with Crippen LogP contribution in [0, 0.1) is 0 Å². The molecular weight excluding hydrogens is 330 g/mol. The molecule has 2 N–H and O–H groups in total. The fourth-order valence-corrected chi connectivity index (χ4v) is 3.01. The minimum atomic E-state index is -0.0863. The molecule has 0 saturated heterocycles. The summed E-state index contributed by atoms with van der Waals surface area (Å²) in [5.74, 6) is -0.0863. The predicted octanol–water partition coefficient (Wildman–Crippen LogP) is 5.17. The molecule has 6 heteroatoms. The van der Waals surface area contributed by atoms with E-state index in [2.05, 4.69) is 15.6 Å². The van der Waals surface area contributed by atoms with Gasteiger partial charge >= 0.3 is 0 Å². The number of anilines is 3. The van der Waals surface area contributed by atoms with Crippen LogP contribution < -0.4 is 10.6 Å². The Morgan fingerprint density at radius 1 is 1.13 bits per heavy atom. The maximum Gasteiger partial charge on any atom is 0.221 e. The van der Waals surface area contributed by atoms with Crippen LogP contribution in [0.2, 0.25) is 5.02 Å². The van der Waals surface area contributed by atoms with Crippen molar-refractivity contribution in [2.75, 3.05) is 10.6 Å². The first-order chi connectivity index (χ1) is 11.1. The first-order valence-electron chi connectivity index (χ1n) is 6.96. The van der Waals surface area contributed by atoms with Crippen molar-refractivity contribution in [3.63, 3.8) is 0 Å². The molecule has 0 fully saturated rings. The Labute approximate surface area is 143 Å². The summed E-state index contributed by atoms with van der Waals surface area (Å²) in [6, 6.07) is 15.1. The first-order valence-corrected chi connectivity index (χ1v) is 8.22. The second-order valence-corrected chi connectivity index (χ2v) is 6.23. The second kappa shape index (κ2) is 6.81. The molecule has 3 rings (SSSR count). The molecule has 0 radical (unpaired) electrons. The zero-order valence-electron chi connectivity index (χ0n) is 12.3. The molecule has 1 aromatic heterocycles. The standard InChI is InChI=1S/C17H14ClN3OS/c1-11(22)19-14-5-7-15(8-6-14)20-17-21-16(10-23-17)12-3-2-4-13(18)9-12/h2-10H,1H3,(H,19,22)(H,20,21). The largest absolute Gasteiger partial charge is 0.332 e. The van der Waals surface area contributed by atoms with Gasteiger partial charge in [0.2, 0.25) is 5.91 Å². The van der Waals surface area contributed by atoms with Crippen LogP contribution in [0.3, 0.4) is 0 Å². The van der Waals surface area contributed by atoms with Gasteiger partial charge in [0.15, 0.2) is 5.13 Å². The highest BCUT2D eigenvalue weighted by atomic mass is 35.5. The number of benzene rings is 2. The molecule has 0 aliphatic carbocycles. The van der Waals surface area contributed by atoms with Crippen molar-refractivity contribution in [2.24, 2.45) is 0 Å². The third-order valence-electron chi connectivity index (χ3n) is 3.08. The van der Waals surface area contributed by atoms with E-state index in [9.17, 15) is 4.79 Å². The minimum Gasteiger partial charge on any atom is -0.332 e. The Balaban J connectivity index is 1.73. The summed E-state index contributed by atoms with van der Waals surface area (Å²) in [6.45, 7) is 1.49. The number of rotatable bonds is 4. The highest BCUT2D eigenvalue weighted by Crippen LogP contribution is 2.28. The second-order valence-electron chi connectivity index (χ2n) is 4.93. The summed E-state index contributed by atoms with van der Waals surface area (Å²) in [7, 11) is 0. The van der Waals surface area contributed by atoms with Crippen LogP contribution in [0.25, 0.3) is 11.3 Å². The Hall–Kier alpha value is -2.37. The normalized spacial score (nSPS) is 10.3. The van der Waals surface area contributed by atoms with Crippen molar-refractivity contribution in [1.29, 1.82) is 0 Å². The van der Waals surface area contributed by atoms with E-state index in [1.807, 2.05) is 53.9 Å². The van der Waals surface area contributed by atoms with Crippen molar-refractivity contribution < 1.29 is 4.79 Å². The average molecular weight is 344 g/mol. The van der Waals surface area contributed by atoms with Crippen LogP contribution in [0.15, 0.2) is 53.9 Å². The number of amides is 1. The summed E-state index contributed by atoms with van der Waals surface area (Å²) in [6.07, 6.45) is 0. The molecule has 0 spiro atoms. The Morgan fingerprint density at radius 3 is 2.57 bits per heavy atom. The smallest absolute Gasteiger partial charge is 0.221 e. The van der Waals surface area contributed by atoms with Gasteiger partial charge in [0.1, 0.15) is 0 Å². The molecule has 1 heterocycles. The number of hydrogen-bond donors (Lipinski definition) is 2. The topological polar surface area (TPSA) is 54.0 Å². The Bertz CT molecular complexity index is 830. The van der Waals surface area contributed by atoms with Gasteiger partial charge in [-0.15, -0.1) is 11.3 Å². The van der Waals surface area contributed by atoms with Gasteiger partial charge in [0.25, 0.3) is 0 Å². The number of halogens is 1. The molecule has 1 amide bonds. The summed E-state index contributed by atoms with van der Waals surface area (Å²) in [4.78, 5) is 15.6. The zero-order chi connectivity index (χ0) is 16.2. The van der Waals surface area contributed by atoms with Gasteiger partial charge in [-0.25, -0.2) is 4.98 Å². The quantitative estimate of drug-likeness (QED) is 0.687. The third-order valence-corrected chi connectivity index (χ3v) is 4.07. The van der Waals surface area contributed by atoms with Gasteiger partial charge in [-0.1, -0.05) is 23.7 Å². The fourth-order valence-electron chi connectivity index (χ4n) is 2.08. The van der Waals surface area contributed by atoms with Crippen molar-refractivity contribution in [1.82, 2.24) is 4.98 Å². The highest BCUT2D eigenvalue weighted by molar-refractivity contribution is 7.14. The van der Waals surface area contributed by atoms with Crippen molar-refractivity contribution in [2.45, 2.75) is 6.92 Å². The van der Waals surface area contributed by atoms with E-state index in [0.717, 1.165) is 27.8 Å². The van der Waals surface area contributed by atoms with Gasteiger partial charge in [-0.05, 0) is 36.4 Å². The molecule has 3 aromatic rings. The van der Waals surface area contributed by atoms with Crippen LogP contribution in [0.5, 0.6) is 0 Å². The van der Waals surface area contributed by atoms with Gasteiger partial charge in [-0.3, -0.25) is 4.79 Å². The molecule has 2 aromatic carbocycles. The predicted molar refractivity (Wildman–Crippen MR) is 96.6 cm³/mol. The first kappa shape index (κ1) is 15.5. The van der Waals surface area contributed by atoms with E-state index < -0.39 is 0 Å². The summed E-state index contributed by atoms with van der Waals surface area (Å²) < 4.78 is 0. The van der Waals surface area contributed by atoms with E-state index in [4.69, 9.17) is 11.6 Å². The zero-order valence-corrected chi connectivity index (χ0v) is 13.9. The number of carbonyl (C=O) groups is 1. The molecular formula is C17H14ClN3OS. The lowest BCUT2D eigenvalue weighted by molar-refractivity contribution is -0.114. The summed E-state index contributed by atoms with van der Waals surface area (Å²) in [5, 5.41) is 9.46. The van der Waals surface area contributed by atoms with E-state index in [1.165, 1.54) is 18.3 Å². The molecule has 23 heavy (non-hydrogen) atoms. The van der Waals surface area contributed by atoms with Crippen LogP contribution in [0.4, 0.5) is 16.5 Å². The van der Waals surface area contributed by atoms with Crippen molar-refractivity contribution >= 4 is 45.4 Å². The highest BCUT2D eigenvalue weighted by Gasteiger charge is 2.05. The van der Waals surface area contributed by atoms with Crippen molar-refractivity contribution in [3.05, 3.63) is 58.9 Å². The maximum atomic E-state index is 11.0. The van der Waals surface area contributed by atoms with Crippen LogP contribution in [-0.2, 0) is 4.79 Å². The molecule has 0 aliphatic rings. The van der Waals surface area contributed by atoms with Crippen LogP contribution in [-0.4, -0.2) is 10.9 Å². The lowest BCUT2D eigenvalue weighted by Gasteiger charge is -2.05. The molecule has 0 atom stereocenters. The van der Waals surface area contributed by atoms with Gasteiger partial charge in [-0.2, -0.15) is 0 Å². The maximum absolute atomic E-state index is 11.0. The summed E-state index contributed by atoms with van der Waals surface area (Å²) >= 11 is 7.54. The Morgan fingerprint density at radius 2 is 1.87 bits per heavy atom. The summed E-state index contributed by atoms with van der Waals surface area (Å²) in [5.41, 5.74) is 3.55. The molecule has 116 valence electrons. The lowest BCUT2D eigenvalue weighted by Crippen LogP contribution is -2.05. The van der Waals surface area contributed by atoms with Crippen molar-refractivity contribution in [3.8, 4) is 11.3 Å². The van der Waals surface area contributed by atoms with Gasteiger partial charge in [0, 0.05) is 34.3 Å². The van der Waals surface area contributed by atoms with E-state index in [1.54, 1.807) is 0 Å². The molecule has 0 bridgehead atoms. The number of carbonyl (C=O) groups excluding carboxylic acids is 1. The number of nitrogens with one attached hydrogen (secondary N) is 2. The van der Waals surface area contributed by atoms with E-state index in [-0.39, 0.29) is 5.91 Å². The number of hydrogen-bond acceptors (Lipinski definition) is 4. The molecule has 0 saturated carbocycles. The molecule has 4 nitrogen and oxygen atoms in total. The monoisotopic (exact) mass is 343 g/mol. The van der Waals surface area contributed by atoms with Crippen LogP contribution in [0.1, 0.15) is 6.92 Å². The number of nitrogens with zero attached hydrogens (tertiary/aromatic N) is 1.